The predicted octanol–water partition coefficient (Wildman–Crippen LogP) is 2.54. The minimum absolute atomic E-state index is 0.247. The van der Waals surface area contributed by atoms with Crippen molar-refractivity contribution in [2.75, 3.05) is 25.0 Å². The number of nitrogens with zero attached hydrogens (tertiary/aromatic N) is 2. The number of halogens is 1. The zero-order chi connectivity index (χ0) is 19.6. The first-order chi connectivity index (χ1) is 13.1. The summed E-state index contributed by atoms with van der Waals surface area (Å²) in [6, 6.07) is 7.09. The van der Waals surface area contributed by atoms with Crippen molar-refractivity contribution < 1.29 is 9.53 Å². The molecule has 2 N–H and O–H groups in total. The number of rotatable bonds is 11. The largest absolute Gasteiger partial charge is 0.492 e. The van der Waals surface area contributed by atoms with E-state index in [1.54, 1.807) is 34.9 Å². The number of aromatic nitrogens is 2. The van der Waals surface area contributed by atoms with Gasteiger partial charge < -0.3 is 19.9 Å². The maximum absolute atomic E-state index is 12.7. The third-order valence-corrected chi connectivity index (χ3v) is 4.10. The minimum atomic E-state index is -0.267. The Morgan fingerprint density at radius 3 is 2.78 bits per heavy atom. The summed E-state index contributed by atoms with van der Waals surface area (Å²) >= 11 is 6.19. The van der Waals surface area contributed by atoms with Crippen molar-refractivity contribution in [1.82, 2.24) is 14.9 Å². The van der Waals surface area contributed by atoms with Crippen molar-refractivity contribution in [3.63, 3.8) is 0 Å². The van der Waals surface area contributed by atoms with Crippen molar-refractivity contribution in [3.05, 3.63) is 47.9 Å². The van der Waals surface area contributed by atoms with Crippen molar-refractivity contribution in [3.8, 4) is 5.75 Å². The van der Waals surface area contributed by atoms with Gasteiger partial charge in [0.1, 0.15) is 20.2 Å². The molecule has 8 heteroatoms. The number of carbonyl (C=O) groups excluding carboxylic acids is 1. The molecule has 0 atom stereocenters. The molecule has 142 valence electrons. The van der Waals surface area contributed by atoms with E-state index in [0.717, 1.165) is 19.4 Å². The van der Waals surface area contributed by atoms with Gasteiger partial charge in [0.05, 0.1) is 6.54 Å². The molecule has 0 aliphatic rings. The molecule has 0 saturated carbocycles. The number of anilines is 1. The molecule has 0 aliphatic heterocycles. The Kier molecular flexibility index (Phi) is 8.26. The summed E-state index contributed by atoms with van der Waals surface area (Å²) in [6.07, 6.45) is 3.69. The van der Waals surface area contributed by atoms with Gasteiger partial charge in [-0.15, -0.1) is 6.58 Å². The van der Waals surface area contributed by atoms with Crippen molar-refractivity contribution in [2.45, 2.75) is 26.3 Å². The highest BCUT2D eigenvalue weighted by atomic mass is 35.5. The van der Waals surface area contributed by atoms with Crippen LogP contribution in [0.1, 0.15) is 30.3 Å². The molecule has 2 radical (unpaired) electrons. The van der Waals surface area contributed by atoms with Gasteiger partial charge in [-0.2, -0.15) is 4.98 Å². The van der Waals surface area contributed by atoms with Crippen LogP contribution in [0.15, 0.2) is 36.9 Å². The zero-order valence-corrected chi connectivity index (χ0v) is 16.3. The Hall–Kier alpha value is -2.41. The minimum Gasteiger partial charge on any atom is -0.492 e. The Balaban J connectivity index is 1.98. The number of imidazole rings is 1. The van der Waals surface area contributed by atoms with Crippen LogP contribution < -0.4 is 20.8 Å². The first kappa shape index (κ1) is 20.9. The van der Waals surface area contributed by atoms with Crippen LogP contribution in [0.2, 0.25) is 5.28 Å². The third kappa shape index (κ3) is 6.06. The highest BCUT2D eigenvalue weighted by molar-refractivity contribution is 6.32. The van der Waals surface area contributed by atoms with Crippen LogP contribution in [0, 0.1) is 0 Å². The molecule has 2 aromatic rings. The smallest absolute Gasteiger partial charge is 0.271 e. The molecule has 1 amide bonds. The fourth-order valence-electron chi connectivity index (χ4n) is 2.44. The Morgan fingerprint density at radius 1 is 1.37 bits per heavy atom. The fraction of sp³-hybridized carbons (Fsp3) is 0.368. The molecule has 0 fully saturated rings. The number of hydrogen-bond donors (Lipinski definition) is 2. The molecule has 1 aromatic carbocycles. The molecule has 27 heavy (non-hydrogen) atoms. The topological polar surface area (TPSA) is 68.2 Å². The lowest BCUT2D eigenvalue weighted by molar-refractivity contribution is 0.0939. The summed E-state index contributed by atoms with van der Waals surface area (Å²) in [5, 5.41) is 6.27. The highest BCUT2D eigenvalue weighted by Crippen LogP contribution is 2.21. The SMILES string of the molecule is [B]c1ccc(OCCNC(=O)c2c(NCCCC)nc(Cl)n2CC=C)cc1. The molecule has 6 nitrogen and oxygen atoms in total. The summed E-state index contributed by atoms with van der Waals surface area (Å²) in [6.45, 7) is 7.59. The highest BCUT2D eigenvalue weighted by Gasteiger charge is 2.21. The first-order valence-electron chi connectivity index (χ1n) is 8.94. The zero-order valence-electron chi connectivity index (χ0n) is 15.5. The maximum atomic E-state index is 12.7. The molecule has 2 rings (SSSR count). The van der Waals surface area contributed by atoms with Crippen molar-refractivity contribution in [1.29, 1.82) is 0 Å². The molecule has 0 saturated heterocycles. The number of unbranched alkanes of at least 4 members (excludes halogenated alkanes) is 1. The molecule has 0 spiro atoms. The third-order valence-electron chi connectivity index (χ3n) is 3.81. The Labute approximate surface area is 166 Å². The van der Waals surface area contributed by atoms with Crippen LogP contribution in [0.3, 0.4) is 0 Å². The second kappa shape index (κ2) is 10.7. The van der Waals surface area contributed by atoms with Crippen LogP contribution in [0.4, 0.5) is 5.82 Å². The predicted molar refractivity (Wildman–Crippen MR) is 110 cm³/mol. The van der Waals surface area contributed by atoms with E-state index < -0.39 is 0 Å². The lowest BCUT2D eigenvalue weighted by Gasteiger charge is -2.11. The van der Waals surface area contributed by atoms with Crippen LogP contribution in [-0.4, -0.2) is 43.0 Å². The van der Waals surface area contributed by atoms with Crippen LogP contribution in [0.25, 0.3) is 0 Å². The maximum Gasteiger partial charge on any atom is 0.271 e. The Morgan fingerprint density at radius 2 is 2.11 bits per heavy atom. The van der Waals surface area contributed by atoms with Crippen LogP contribution >= 0.6 is 11.6 Å². The van der Waals surface area contributed by atoms with Gasteiger partial charge in [0.25, 0.3) is 5.91 Å². The summed E-state index contributed by atoms with van der Waals surface area (Å²) in [5.74, 6) is 0.906. The number of benzene rings is 1. The first-order valence-corrected chi connectivity index (χ1v) is 9.32. The number of ether oxygens (including phenoxy) is 1. The number of carbonyl (C=O) groups is 1. The van der Waals surface area contributed by atoms with E-state index in [9.17, 15) is 4.79 Å². The molecule has 1 aromatic heterocycles. The number of nitrogens with one attached hydrogen (secondary N) is 2. The molecule has 0 unspecified atom stereocenters. The van der Waals surface area contributed by atoms with Gasteiger partial charge in [-0.25, -0.2) is 0 Å². The van der Waals surface area contributed by atoms with E-state index in [2.05, 4.69) is 29.1 Å². The van der Waals surface area contributed by atoms with Crippen LogP contribution in [-0.2, 0) is 6.54 Å². The Bertz CT molecular complexity index is 762. The van der Waals surface area contributed by atoms with Crippen molar-refractivity contribution in [2.24, 2.45) is 0 Å². The van der Waals surface area contributed by atoms with Crippen molar-refractivity contribution >= 4 is 36.6 Å². The van der Waals surface area contributed by atoms with E-state index in [4.69, 9.17) is 24.2 Å². The van der Waals surface area contributed by atoms with E-state index in [1.165, 1.54) is 0 Å². The van der Waals surface area contributed by atoms with E-state index in [0.29, 0.717) is 42.4 Å². The molecular weight excluding hydrogens is 363 g/mol. The number of allylic oxidation sites excluding steroid dienone is 1. The molecule has 1 heterocycles. The van der Waals surface area contributed by atoms with Gasteiger partial charge in [-0.3, -0.25) is 4.79 Å². The number of hydrogen-bond acceptors (Lipinski definition) is 4. The van der Waals surface area contributed by atoms with E-state index in [-0.39, 0.29) is 11.2 Å². The normalized spacial score (nSPS) is 10.4. The second-order valence-corrected chi connectivity index (χ2v) is 6.27. The molecule has 0 aliphatic carbocycles. The summed E-state index contributed by atoms with van der Waals surface area (Å²) in [5.41, 5.74) is 1.06. The van der Waals surface area contributed by atoms with E-state index in [1.807, 2.05) is 0 Å². The second-order valence-electron chi connectivity index (χ2n) is 5.93. The van der Waals surface area contributed by atoms with Gasteiger partial charge in [0.2, 0.25) is 5.28 Å². The average Bonchev–Trinajstić information content (AvgIpc) is 2.96. The quantitative estimate of drug-likeness (QED) is 0.354. The van der Waals surface area contributed by atoms with Gasteiger partial charge in [0.15, 0.2) is 11.5 Å². The van der Waals surface area contributed by atoms with Gasteiger partial charge >= 0.3 is 0 Å². The monoisotopic (exact) mass is 386 g/mol. The summed E-state index contributed by atoms with van der Waals surface area (Å²) < 4.78 is 7.21. The van der Waals surface area contributed by atoms with E-state index >= 15 is 0 Å². The van der Waals surface area contributed by atoms with Crippen LogP contribution in [0.5, 0.6) is 5.75 Å². The lowest BCUT2D eigenvalue weighted by atomic mass is 9.97. The molecular formula is C19H24BClN4O2. The lowest BCUT2D eigenvalue weighted by Crippen LogP contribution is -2.30. The fourth-order valence-corrected chi connectivity index (χ4v) is 2.68. The number of amides is 1. The van der Waals surface area contributed by atoms with Gasteiger partial charge in [-0.1, -0.05) is 37.0 Å². The summed E-state index contributed by atoms with van der Waals surface area (Å²) in [4.78, 5) is 17.0. The molecule has 0 bridgehead atoms. The standard InChI is InChI=1S/C19H24BClN4O2/c1-3-5-10-22-17-16(25(12-4-2)19(21)24-17)18(26)23-11-13-27-15-8-6-14(20)7-9-15/h4,6-9,22H,2-3,5,10-13H2,1H3,(H,23,26). The summed E-state index contributed by atoms with van der Waals surface area (Å²) in [7, 11) is 5.64. The van der Waals surface area contributed by atoms with Gasteiger partial charge in [-0.05, 0) is 30.2 Å². The van der Waals surface area contributed by atoms with Gasteiger partial charge in [0, 0.05) is 13.1 Å². The average molecular weight is 387 g/mol.